The molecule has 0 spiro atoms. The SMILES string of the molecule is CCOC[C@H]1CCCN1C(=O)c1csc2c1CCN(Cc1c(C)noc1C)C2. The second-order valence-corrected chi connectivity index (χ2v) is 8.73. The number of likely N-dealkylation sites (tertiary alicyclic amines) is 1. The average Bonchev–Trinajstić information content (AvgIpc) is 3.40. The lowest BCUT2D eigenvalue weighted by molar-refractivity contribution is 0.0563. The zero-order valence-electron chi connectivity index (χ0n) is 17.0. The highest BCUT2D eigenvalue weighted by Crippen LogP contribution is 2.32. The van der Waals surface area contributed by atoms with Crippen LogP contribution in [-0.2, 0) is 24.2 Å². The summed E-state index contributed by atoms with van der Waals surface area (Å²) in [4.78, 5) is 19.0. The van der Waals surface area contributed by atoms with Crippen LogP contribution in [0.3, 0.4) is 0 Å². The summed E-state index contributed by atoms with van der Waals surface area (Å²) in [5, 5.41) is 6.14. The van der Waals surface area contributed by atoms with Gasteiger partial charge >= 0.3 is 0 Å². The van der Waals surface area contributed by atoms with Crippen molar-refractivity contribution in [1.82, 2.24) is 15.0 Å². The van der Waals surface area contributed by atoms with Crippen LogP contribution >= 0.6 is 11.3 Å². The van der Waals surface area contributed by atoms with Gasteiger partial charge in [0, 0.05) is 48.6 Å². The summed E-state index contributed by atoms with van der Waals surface area (Å²) in [6, 6.07) is 0.225. The van der Waals surface area contributed by atoms with Crippen molar-refractivity contribution in [2.24, 2.45) is 0 Å². The minimum atomic E-state index is 0.193. The third-order valence-corrected chi connectivity index (χ3v) is 6.99. The normalized spacial score (nSPS) is 20.0. The fourth-order valence-electron chi connectivity index (χ4n) is 4.33. The zero-order chi connectivity index (χ0) is 19.7. The first-order valence-electron chi connectivity index (χ1n) is 10.2. The summed E-state index contributed by atoms with van der Waals surface area (Å²) in [6.45, 7) is 10.9. The summed E-state index contributed by atoms with van der Waals surface area (Å²) in [7, 11) is 0. The Kier molecular flexibility index (Phi) is 5.85. The monoisotopic (exact) mass is 403 g/mol. The molecule has 0 bridgehead atoms. The fraction of sp³-hybridized carbons (Fsp3) is 0.619. The maximum absolute atomic E-state index is 13.2. The molecule has 0 unspecified atom stereocenters. The van der Waals surface area contributed by atoms with Crippen LogP contribution in [0.1, 0.15) is 57.6 Å². The number of nitrogens with zero attached hydrogens (tertiary/aromatic N) is 3. The van der Waals surface area contributed by atoms with Crippen LogP contribution in [0.4, 0.5) is 0 Å². The first kappa shape index (κ1) is 19.6. The summed E-state index contributed by atoms with van der Waals surface area (Å²) in [5.74, 6) is 1.10. The number of hydrogen-bond donors (Lipinski definition) is 0. The fourth-order valence-corrected chi connectivity index (χ4v) is 5.45. The molecule has 4 rings (SSSR count). The molecule has 2 aromatic heterocycles. The van der Waals surface area contributed by atoms with Crippen molar-refractivity contribution in [3.8, 4) is 0 Å². The molecule has 0 aromatic carbocycles. The molecule has 0 radical (unpaired) electrons. The molecule has 1 atom stereocenters. The molecule has 2 aliphatic heterocycles. The molecule has 2 aromatic rings. The molecule has 7 heteroatoms. The van der Waals surface area contributed by atoms with Crippen molar-refractivity contribution >= 4 is 17.2 Å². The molecule has 1 fully saturated rings. The maximum Gasteiger partial charge on any atom is 0.255 e. The number of amides is 1. The summed E-state index contributed by atoms with van der Waals surface area (Å²) in [6.07, 6.45) is 3.04. The van der Waals surface area contributed by atoms with E-state index >= 15 is 0 Å². The van der Waals surface area contributed by atoms with Gasteiger partial charge in [-0.25, -0.2) is 0 Å². The third-order valence-electron chi connectivity index (χ3n) is 5.97. The van der Waals surface area contributed by atoms with E-state index in [1.165, 1.54) is 16.0 Å². The quantitative estimate of drug-likeness (QED) is 0.738. The molecule has 2 aliphatic rings. The van der Waals surface area contributed by atoms with E-state index in [1.54, 1.807) is 11.3 Å². The molecule has 0 aliphatic carbocycles. The number of thiophene rings is 1. The number of carbonyl (C=O) groups excluding carboxylic acids is 1. The third kappa shape index (κ3) is 3.75. The molecule has 28 heavy (non-hydrogen) atoms. The highest BCUT2D eigenvalue weighted by Gasteiger charge is 2.33. The Morgan fingerprint density at radius 3 is 3.00 bits per heavy atom. The van der Waals surface area contributed by atoms with E-state index in [0.29, 0.717) is 13.2 Å². The number of rotatable bonds is 6. The Labute approximate surface area is 170 Å². The number of hydrogen-bond acceptors (Lipinski definition) is 6. The van der Waals surface area contributed by atoms with E-state index in [1.807, 2.05) is 25.7 Å². The predicted molar refractivity (Wildman–Crippen MR) is 109 cm³/mol. The largest absolute Gasteiger partial charge is 0.380 e. The van der Waals surface area contributed by atoms with Crippen LogP contribution in [0, 0.1) is 13.8 Å². The van der Waals surface area contributed by atoms with Crippen LogP contribution in [0.25, 0.3) is 0 Å². The van der Waals surface area contributed by atoms with E-state index in [0.717, 1.165) is 62.5 Å². The van der Waals surface area contributed by atoms with Gasteiger partial charge in [0.15, 0.2) is 0 Å². The Bertz CT molecular complexity index is 825. The van der Waals surface area contributed by atoms with Crippen molar-refractivity contribution in [3.05, 3.63) is 38.4 Å². The standard InChI is InChI=1S/C21H29N3O3S/c1-4-26-12-16-6-5-8-24(16)21(25)19-13-28-20-11-23(9-7-17(19)20)10-18-14(2)22-27-15(18)3/h13,16H,4-12H2,1-3H3/t16-/m1/s1. The molecule has 4 heterocycles. The van der Waals surface area contributed by atoms with E-state index < -0.39 is 0 Å². The summed E-state index contributed by atoms with van der Waals surface area (Å²) >= 11 is 1.72. The Balaban J connectivity index is 1.46. The average molecular weight is 404 g/mol. The number of ether oxygens (including phenoxy) is 1. The lowest BCUT2D eigenvalue weighted by Crippen LogP contribution is -2.39. The first-order valence-corrected chi connectivity index (χ1v) is 11.1. The van der Waals surface area contributed by atoms with Crippen molar-refractivity contribution in [2.45, 2.75) is 59.2 Å². The van der Waals surface area contributed by atoms with E-state index in [4.69, 9.17) is 9.26 Å². The van der Waals surface area contributed by atoms with Gasteiger partial charge in [-0.3, -0.25) is 9.69 Å². The highest BCUT2D eigenvalue weighted by atomic mass is 32.1. The summed E-state index contributed by atoms with van der Waals surface area (Å²) in [5.41, 5.74) is 4.33. The molecule has 1 saturated heterocycles. The highest BCUT2D eigenvalue weighted by molar-refractivity contribution is 7.10. The van der Waals surface area contributed by atoms with Gasteiger partial charge in [-0.1, -0.05) is 5.16 Å². The Morgan fingerprint density at radius 2 is 2.25 bits per heavy atom. The second-order valence-electron chi connectivity index (χ2n) is 7.77. The van der Waals surface area contributed by atoms with Gasteiger partial charge in [0.1, 0.15) is 5.76 Å². The zero-order valence-corrected chi connectivity index (χ0v) is 17.8. The van der Waals surface area contributed by atoms with Crippen molar-refractivity contribution in [2.75, 3.05) is 26.3 Å². The summed E-state index contributed by atoms with van der Waals surface area (Å²) < 4.78 is 10.9. The van der Waals surface area contributed by atoms with E-state index in [-0.39, 0.29) is 11.9 Å². The van der Waals surface area contributed by atoms with E-state index in [2.05, 4.69) is 15.4 Å². The van der Waals surface area contributed by atoms with Crippen molar-refractivity contribution in [3.63, 3.8) is 0 Å². The molecule has 152 valence electrons. The predicted octanol–water partition coefficient (Wildman–Crippen LogP) is 3.55. The van der Waals surface area contributed by atoms with Crippen LogP contribution in [0.5, 0.6) is 0 Å². The van der Waals surface area contributed by atoms with Crippen LogP contribution in [0.15, 0.2) is 9.90 Å². The smallest absolute Gasteiger partial charge is 0.255 e. The van der Waals surface area contributed by atoms with Crippen LogP contribution < -0.4 is 0 Å². The molecular formula is C21H29N3O3S. The lowest BCUT2D eigenvalue weighted by Gasteiger charge is -2.28. The van der Waals surface area contributed by atoms with Crippen LogP contribution in [0.2, 0.25) is 0 Å². The van der Waals surface area contributed by atoms with Gasteiger partial charge in [0.25, 0.3) is 5.91 Å². The van der Waals surface area contributed by atoms with Gasteiger partial charge in [0.05, 0.1) is 23.9 Å². The lowest BCUT2D eigenvalue weighted by atomic mass is 10.0. The molecule has 0 saturated carbocycles. The van der Waals surface area contributed by atoms with Gasteiger partial charge in [-0.15, -0.1) is 11.3 Å². The Hall–Kier alpha value is -1.70. The molecule has 0 N–H and O–H groups in total. The number of aryl methyl sites for hydroxylation is 2. The maximum atomic E-state index is 13.2. The van der Waals surface area contributed by atoms with Gasteiger partial charge < -0.3 is 14.2 Å². The number of carbonyl (C=O) groups is 1. The van der Waals surface area contributed by atoms with E-state index in [9.17, 15) is 4.79 Å². The van der Waals surface area contributed by atoms with Crippen molar-refractivity contribution < 1.29 is 14.1 Å². The second kappa shape index (κ2) is 8.35. The first-order chi connectivity index (χ1) is 13.6. The minimum Gasteiger partial charge on any atom is -0.380 e. The van der Waals surface area contributed by atoms with Gasteiger partial charge in [0.2, 0.25) is 0 Å². The molecule has 1 amide bonds. The van der Waals surface area contributed by atoms with Crippen molar-refractivity contribution in [1.29, 1.82) is 0 Å². The van der Waals surface area contributed by atoms with Gasteiger partial charge in [-0.05, 0) is 45.6 Å². The number of aromatic nitrogens is 1. The Morgan fingerprint density at radius 1 is 1.39 bits per heavy atom. The topological polar surface area (TPSA) is 58.8 Å². The minimum absolute atomic E-state index is 0.193. The molecule has 6 nitrogen and oxygen atoms in total. The van der Waals surface area contributed by atoms with Crippen LogP contribution in [-0.4, -0.2) is 53.2 Å². The number of fused-ring (bicyclic) bond motifs is 1. The molecular weight excluding hydrogens is 374 g/mol. The van der Waals surface area contributed by atoms with Gasteiger partial charge in [-0.2, -0.15) is 0 Å².